The first-order valence-corrected chi connectivity index (χ1v) is 6.87. The second-order valence-corrected chi connectivity index (χ2v) is 5.10. The maximum absolute atomic E-state index is 12.1. The largest absolute Gasteiger partial charge is 0.411 e. The van der Waals surface area contributed by atoms with Crippen molar-refractivity contribution in [2.45, 2.75) is 38.7 Å². The van der Waals surface area contributed by atoms with E-state index in [0.29, 0.717) is 0 Å². The zero-order valence-corrected chi connectivity index (χ0v) is 11.9. The third-order valence-corrected chi connectivity index (χ3v) is 3.41. The van der Waals surface area contributed by atoms with E-state index in [1.165, 1.54) is 0 Å². The summed E-state index contributed by atoms with van der Waals surface area (Å²) in [7, 11) is 0. The normalized spacial score (nSPS) is 13.8. The van der Waals surface area contributed by atoms with Gasteiger partial charge in [-0.1, -0.05) is 19.1 Å². The summed E-state index contributed by atoms with van der Waals surface area (Å²) in [6.07, 6.45) is -0.933. The number of hydrogen-bond donors (Lipinski definition) is 1. The summed E-state index contributed by atoms with van der Waals surface area (Å²) < 4.78 is 42.7. The maximum Gasteiger partial charge on any atom is 0.411 e. The van der Waals surface area contributed by atoms with Crippen molar-refractivity contribution in [2.24, 2.45) is 5.73 Å². The fourth-order valence-electron chi connectivity index (χ4n) is 2.26. The van der Waals surface area contributed by atoms with E-state index in [-0.39, 0.29) is 12.8 Å². The molecular formula is C15H19F3N2O. The van der Waals surface area contributed by atoms with Crippen LogP contribution in [0.25, 0.3) is 10.9 Å². The van der Waals surface area contributed by atoms with Crippen LogP contribution in [0.4, 0.5) is 13.2 Å². The smallest absolute Gasteiger partial charge is 0.351 e. The number of nitrogens with two attached hydrogens (primary N) is 1. The lowest BCUT2D eigenvalue weighted by Gasteiger charge is -2.11. The Kier molecular flexibility index (Phi) is 4.90. The van der Waals surface area contributed by atoms with Crippen LogP contribution in [0.5, 0.6) is 0 Å². The summed E-state index contributed by atoms with van der Waals surface area (Å²) >= 11 is 0. The molecule has 1 heterocycles. The van der Waals surface area contributed by atoms with Crippen molar-refractivity contribution in [1.82, 2.24) is 4.57 Å². The number of hydrogen-bond acceptors (Lipinski definition) is 2. The van der Waals surface area contributed by atoms with E-state index in [1.54, 1.807) is 10.8 Å². The fourth-order valence-corrected chi connectivity index (χ4v) is 2.26. The molecule has 1 unspecified atom stereocenters. The van der Waals surface area contributed by atoms with Crippen LogP contribution in [0, 0.1) is 0 Å². The molecule has 116 valence electrons. The zero-order chi connectivity index (χ0) is 15.5. The topological polar surface area (TPSA) is 40.2 Å². The van der Waals surface area contributed by atoms with Gasteiger partial charge >= 0.3 is 6.18 Å². The highest BCUT2D eigenvalue weighted by molar-refractivity contribution is 5.83. The van der Waals surface area contributed by atoms with E-state index in [9.17, 15) is 13.2 Å². The number of nitrogens with zero attached hydrogens (tertiary/aromatic N) is 1. The van der Waals surface area contributed by atoms with Gasteiger partial charge in [0.1, 0.15) is 13.3 Å². The van der Waals surface area contributed by atoms with Gasteiger partial charge in [0, 0.05) is 17.6 Å². The summed E-state index contributed by atoms with van der Waals surface area (Å²) in [5.41, 5.74) is 7.94. The van der Waals surface area contributed by atoms with Gasteiger partial charge in [-0.25, -0.2) is 0 Å². The predicted octanol–water partition coefficient (Wildman–Crippen LogP) is 3.46. The maximum atomic E-state index is 12.1. The molecule has 0 amide bonds. The van der Waals surface area contributed by atoms with Gasteiger partial charge in [0.15, 0.2) is 0 Å². The molecule has 0 aliphatic carbocycles. The summed E-state index contributed by atoms with van der Waals surface area (Å²) in [5.74, 6) is 0. The Bertz CT molecular complexity index is 592. The summed E-state index contributed by atoms with van der Waals surface area (Å²) in [5, 5.41) is 1.01. The summed E-state index contributed by atoms with van der Waals surface area (Å²) in [4.78, 5) is 0. The Morgan fingerprint density at radius 2 is 2.05 bits per heavy atom. The van der Waals surface area contributed by atoms with E-state index in [4.69, 9.17) is 10.5 Å². The van der Waals surface area contributed by atoms with Crippen LogP contribution in [-0.2, 0) is 17.9 Å². The quantitative estimate of drug-likeness (QED) is 0.887. The average Bonchev–Trinajstić information content (AvgIpc) is 2.82. The molecule has 6 heteroatoms. The van der Waals surface area contributed by atoms with Crippen molar-refractivity contribution in [1.29, 1.82) is 0 Å². The Morgan fingerprint density at radius 1 is 1.29 bits per heavy atom. The second kappa shape index (κ2) is 6.49. The van der Waals surface area contributed by atoms with Crippen molar-refractivity contribution < 1.29 is 17.9 Å². The Balaban J connectivity index is 2.14. The lowest BCUT2D eigenvalue weighted by molar-refractivity contribution is -0.181. The summed E-state index contributed by atoms with van der Waals surface area (Å²) in [6.45, 7) is 0.667. The Morgan fingerprint density at radius 3 is 2.71 bits per heavy atom. The van der Waals surface area contributed by atoms with Gasteiger partial charge in [0.2, 0.25) is 0 Å². The van der Waals surface area contributed by atoms with E-state index < -0.39 is 12.8 Å². The lowest BCUT2D eigenvalue weighted by atomic mass is 10.0. The van der Waals surface area contributed by atoms with Gasteiger partial charge in [-0.05, 0) is 30.5 Å². The number of rotatable bonds is 6. The van der Waals surface area contributed by atoms with Crippen LogP contribution < -0.4 is 5.73 Å². The molecule has 1 atom stereocenters. The number of aromatic nitrogens is 1. The molecule has 2 rings (SSSR count). The molecular weight excluding hydrogens is 281 g/mol. The summed E-state index contributed by atoms with van der Waals surface area (Å²) in [6, 6.07) is 7.73. The van der Waals surface area contributed by atoms with Crippen molar-refractivity contribution in [3.63, 3.8) is 0 Å². The van der Waals surface area contributed by atoms with Gasteiger partial charge in [-0.15, -0.1) is 0 Å². The van der Waals surface area contributed by atoms with Crippen LogP contribution in [0.15, 0.2) is 30.5 Å². The van der Waals surface area contributed by atoms with Gasteiger partial charge in [0.25, 0.3) is 0 Å². The zero-order valence-electron chi connectivity index (χ0n) is 11.9. The van der Waals surface area contributed by atoms with Gasteiger partial charge in [-0.3, -0.25) is 0 Å². The van der Waals surface area contributed by atoms with Crippen LogP contribution in [-0.4, -0.2) is 23.4 Å². The van der Waals surface area contributed by atoms with E-state index >= 15 is 0 Å². The number of alkyl halides is 3. The third kappa shape index (κ3) is 4.22. The number of benzene rings is 1. The van der Waals surface area contributed by atoms with Gasteiger partial charge in [-0.2, -0.15) is 13.2 Å². The van der Waals surface area contributed by atoms with E-state index in [1.807, 2.05) is 31.2 Å². The molecule has 0 fully saturated rings. The minimum Gasteiger partial charge on any atom is -0.351 e. The van der Waals surface area contributed by atoms with Crippen molar-refractivity contribution in [2.75, 3.05) is 6.61 Å². The first-order chi connectivity index (χ1) is 9.90. The number of ether oxygens (including phenoxy) is 1. The Labute approximate surface area is 121 Å². The minimum atomic E-state index is -4.30. The van der Waals surface area contributed by atoms with Crippen LogP contribution >= 0.6 is 0 Å². The molecule has 3 nitrogen and oxygen atoms in total. The third-order valence-electron chi connectivity index (χ3n) is 3.41. The lowest BCUT2D eigenvalue weighted by Crippen LogP contribution is -2.21. The van der Waals surface area contributed by atoms with Crippen LogP contribution in [0.2, 0.25) is 0 Å². The molecule has 0 spiro atoms. The molecule has 1 aromatic heterocycles. The SMILES string of the molecule is CCC(N)Cc1cccc2c1ccn2COCC(F)(F)F. The highest BCUT2D eigenvalue weighted by Gasteiger charge is 2.27. The molecule has 2 N–H and O–H groups in total. The minimum absolute atomic E-state index is 0.0837. The molecule has 0 saturated heterocycles. The highest BCUT2D eigenvalue weighted by Crippen LogP contribution is 2.22. The van der Waals surface area contributed by atoms with E-state index in [2.05, 4.69) is 0 Å². The molecule has 0 aliphatic heterocycles. The molecule has 2 aromatic rings. The molecule has 0 saturated carbocycles. The molecule has 0 aliphatic rings. The molecule has 0 bridgehead atoms. The highest BCUT2D eigenvalue weighted by atomic mass is 19.4. The second-order valence-electron chi connectivity index (χ2n) is 5.10. The first kappa shape index (κ1) is 15.9. The van der Waals surface area contributed by atoms with Crippen molar-refractivity contribution >= 4 is 10.9 Å². The monoisotopic (exact) mass is 300 g/mol. The van der Waals surface area contributed by atoms with E-state index in [0.717, 1.165) is 29.3 Å². The van der Waals surface area contributed by atoms with Crippen LogP contribution in [0.3, 0.4) is 0 Å². The molecule has 21 heavy (non-hydrogen) atoms. The average molecular weight is 300 g/mol. The van der Waals surface area contributed by atoms with Crippen molar-refractivity contribution in [3.8, 4) is 0 Å². The van der Waals surface area contributed by atoms with Gasteiger partial charge in [0.05, 0.1) is 5.52 Å². The Hall–Kier alpha value is -1.53. The predicted molar refractivity (Wildman–Crippen MR) is 75.9 cm³/mol. The van der Waals surface area contributed by atoms with Crippen LogP contribution in [0.1, 0.15) is 18.9 Å². The number of fused-ring (bicyclic) bond motifs is 1. The standard InChI is InChI=1S/C15H19F3N2O/c1-2-12(19)8-11-4-3-5-14-13(11)6-7-20(14)10-21-9-15(16,17)18/h3-7,12H,2,8-10,19H2,1H3. The number of halogens is 3. The molecule has 1 aromatic carbocycles. The van der Waals surface area contributed by atoms with Crippen molar-refractivity contribution in [3.05, 3.63) is 36.0 Å². The molecule has 0 radical (unpaired) electrons. The fraction of sp³-hybridized carbons (Fsp3) is 0.467. The first-order valence-electron chi connectivity index (χ1n) is 6.87. The van der Waals surface area contributed by atoms with Gasteiger partial charge < -0.3 is 15.0 Å².